The van der Waals surface area contributed by atoms with Gasteiger partial charge in [-0.25, -0.2) is 9.78 Å². The van der Waals surface area contributed by atoms with E-state index in [1.54, 1.807) is 24.3 Å². The van der Waals surface area contributed by atoms with Gasteiger partial charge in [0.15, 0.2) is 5.13 Å². The van der Waals surface area contributed by atoms with Gasteiger partial charge in [-0.05, 0) is 35.0 Å². The van der Waals surface area contributed by atoms with Gasteiger partial charge in [-0.3, -0.25) is 10.1 Å². The number of nitrogens with one attached hydrogen (secondary N) is 1. The second-order valence-corrected chi connectivity index (χ2v) is 8.23. The number of hydrogen-bond donors (Lipinski definition) is 1. The van der Waals surface area contributed by atoms with Gasteiger partial charge >= 0.3 is 5.63 Å². The Morgan fingerprint density at radius 1 is 1.03 bits per heavy atom. The first kappa shape index (κ1) is 18.1. The van der Waals surface area contributed by atoms with Crippen LogP contribution in [0.1, 0.15) is 10.4 Å². The lowest BCUT2D eigenvalue weighted by Gasteiger charge is -2.05. The number of fused-ring (bicyclic) bond motifs is 4. The third-order valence-corrected chi connectivity index (χ3v) is 5.94. The monoisotopic (exact) mass is 440 g/mol. The first-order chi connectivity index (χ1) is 14.0. The Labute approximate surface area is 177 Å². The molecule has 5 aromatic rings. The molecule has 3 aromatic carbocycles. The number of thiazole rings is 1. The molecule has 1 amide bonds. The number of rotatable bonds is 2. The maximum absolute atomic E-state index is 12.8. The molecule has 0 bridgehead atoms. The molecule has 0 spiro atoms. The molecule has 142 valence electrons. The van der Waals surface area contributed by atoms with Crippen molar-refractivity contribution in [2.75, 3.05) is 5.32 Å². The van der Waals surface area contributed by atoms with Gasteiger partial charge in [0.05, 0.1) is 9.72 Å². The zero-order valence-corrected chi connectivity index (χ0v) is 16.9. The fourth-order valence-electron chi connectivity index (χ4n) is 3.20. The Kier molecular flexibility index (Phi) is 4.28. The molecule has 5 rings (SSSR count). The van der Waals surface area contributed by atoms with Crippen molar-refractivity contribution < 1.29 is 9.21 Å². The van der Waals surface area contributed by atoms with Crippen LogP contribution in [0.4, 0.5) is 5.13 Å². The lowest BCUT2D eigenvalue weighted by atomic mass is 10.0. The second-order valence-electron chi connectivity index (χ2n) is 6.35. The molecule has 0 radical (unpaired) electrons. The summed E-state index contributed by atoms with van der Waals surface area (Å²) in [6, 6.07) is 16.1. The third kappa shape index (κ3) is 3.15. The number of aromatic nitrogens is 1. The molecule has 0 aliphatic carbocycles. The average molecular weight is 441 g/mol. The minimum atomic E-state index is -0.715. The molecule has 0 atom stereocenters. The maximum atomic E-state index is 12.8. The Bertz CT molecular complexity index is 1510. The normalized spacial score (nSPS) is 11.4. The molecule has 0 saturated carbocycles. The zero-order valence-electron chi connectivity index (χ0n) is 14.5. The van der Waals surface area contributed by atoms with Gasteiger partial charge in [0.2, 0.25) is 0 Å². The molecule has 5 nitrogen and oxygen atoms in total. The minimum absolute atomic E-state index is 0.0998. The standard InChI is InChI=1S/C21H10Cl2N2O3S/c22-11-7-15(23)18-17(8-11)29-21(24-18)25-19(26)14-9-13-12-4-2-1-3-10(12)5-6-16(13)28-20(14)27/h1-9H,(H,24,25,26). The number of amides is 1. The summed E-state index contributed by atoms with van der Waals surface area (Å²) >= 11 is 13.4. The third-order valence-electron chi connectivity index (χ3n) is 4.52. The summed E-state index contributed by atoms with van der Waals surface area (Å²) in [4.78, 5) is 29.5. The van der Waals surface area contributed by atoms with Crippen molar-refractivity contribution in [2.45, 2.75) is 0 Å². The van der Waals surface area contributed by atoms with Crippen LogP contribution in [0.15, 0.2) is 63.8 Å². The average Bonchev–Trinajstić information content (AvgIpc) is 3.09. The van der Waals surface area contributed by atoms with Gasteiger partial charge in [-0.2, -0.15) is 0 Å². The van der Waals surface area contributed by atoms with Crippen LogP contribution in [0.3, 0.4) is 0 Å². The molecule has 0 fully saturated rings. The van der Waals surface area contributed by atoms with Gasteiger partial charge in [0, 0.05) is 10.4 Å². The number of anilines is 1. The quantitative estimate of drug-likeness (QED) is 0.265. The van der Waals surface area contributed by atoms with E-state index in [0.29, 0.717) is 31.7 Å². The molecule has 0 unspecified atom stereocenters. The first-order valence-corrected chi connectivity index (χ1v) is 10.1. The number of halogens is 2. The van der Waals surface area contributed by atoms with E-state index in [1.165, 1.54) is 11.3 Å². The van der Waals surface area contributed by atoms with Crippen molar-refractivity contribution >= 4 is 77.5 Å². The summed E-state index contributed by atoms with van der Waals surface area (Å²) in [5.74, 6) is -0.602. The van der Waals surface area contributed by atoms with E-state index < -0.39 is 11.5 Å². The van der Waals surface area contributed by atoms with Crippen molar-refractivity contribution in [2.24, 2.45) is 0 Å². The Morgan fingerprint density at radius 3 is 2.72 bits per heavy atom. The predicted octanol–water partition coefficient (Wildman–Crippen LogP) is 6.12. The van der Waals surface area contributed by atoms with E-state index in [9.17, 15) is 9.59 Å². The van der Waals surface area contributed by atoms with E-state index in [-0.39, 0.29) is 5.56 Å². The van der Waals surface area contributed by atoms with Crippen molar-refractivity contribution in [3.8, 4) is 0 Å². The summed E-state index contributed by atoms with van der Waals surface area (Å²) in [5, 5.41) is 6.40. The largest absolute Gasteiger partial charge is 0.422 e. The second kappa shape index (κ2) is 6.84. The number of nitrogens with zero attached hydrogens (tertiary/aromatic N) is 1. The van der Waals surface area contributed by atoms with Gasteiger partial charge in [0.25, 0.3) is 5.91 Å². The van der Waals surface area contributed by atoms with E-state index >= 15 is 0 Å². The summed E-state index contributed by atoms with van der Waals surface area (Å²) in [7, 11) is 0. The van der Waals surface area contributed by atoms with Gasteiger partial charge in [0.1, 0.15) is 16.7 Å². The summed E-state index contributed by atoms with van der Waals surface area (Å²) in [6.07, 6.45) is 0. The van der Waals surface area contributed by atoms with Crippen molar-refractivity contribution in [3.63, 3.8) is 0 Å². The summed E-state index contributed by atoms with van der Waals surface area (Å²) in [6.45, 7) is 0. The van der Waals surface area contributed by atoms with E-state index in [4.69, 9.17) is 27.6 Å². The van der Waals surface area contributed by atoms with Crippen LogP contribution < -0.4 is 10.9 Å². The van der Waals surface area contributed by atoms with Crippen LogP contribution in [0.5, 0.6) is 0 Å². The molecule has 0 aliphatic rings. The Balaban J connectivity index is 1.59. The van der Waals surface area contributed by atoms with Crippen LogP contribution in [-0.4, -0.2) is 10.9 Å². The topological polar surface area (TPSA) is 72.2 Å². The van der Waals surface area contributed by atoms with Crippen LogP contribution in [0.2, 0.25) is 10.0 Å². The van der Waals surface area contributed by atoms with Crippen LogP contribution in [0, 0.1) is 0 Å². The highest BCUT2D eigenvalue weighted by atomic mass is 35.5. The molecule has 29 heavy (non-hydrogen) atoms. The van der Waals surface area contributed by atoms with Crippen LogP contribution in [-0.2, 0) is 0 Å². The highest BCUT2D eigenvalue weighted by Gasteiger charge is 2.17. The van der Waals surface area contributed by atoms with Crippen molar-refractivity contribution in [1.29, 1.82) is 0 Å². The van der Waals surface area contributed by atoms with E-state index in [0.717, 1.165) is 15.5 Å². The number of carbonyl (C=O) groups is 1. The molecule has 1 N–H and O–H groups in total. The molecular weight excluding hydrogens is 431 g/mol. The smallest absolute Gasteiger partial charge is 0.349 e. The van der Waals surface area contributed by atoms with E-state index in [1.807, 2.05) is 30.3 Å². The highest BCUT2D eigenvalue weighted by molar-refractivity contribution is 7.22. The lowest BCUT2D eigenvalue weighted by molar-refractivity contribution is 0.102. The fourth-order valence-corrected chi connectivity index (χ4v) is 4.79. The summed E-state index contributed by atoms with van der Waals surface area (Å²) in [5.41, 5.74) is 0.143. The molecular formula is C21H10Cl2N2O3S. The van der Waals surface area contributed by atoms with E-state index in [2.05, 4.69) is 10.3 Å². The molecule has 0 aliphatic heterocycles. The van der Waals surface area contributed by atoms with Gasteiger partial charge in [-0.15, -0.1) is 0 Å². The minimum Gasteiger partial charge on any atom is -0.422 e. The maximum Gasteiger partial charge on any atom is 0.349 e. The SMILES string of the molecule is O=C(Nc1nc2c(Cl)cc(Cl)cc2s1)c1cc2c(ccc3ccccc32)oc1=O. The first-order valence-electron chi connectivity index (χ1n) is 8.52. The Morgan fingerprint density at radius 2 is 1.86 bits per heavy atom. The van der Waals surface area contributed by atoms with Gasteiger partial charge in [-0.1, -0.05) is 64.9 Å². The molecule has 8 heteroatoms. The lowest BCUT2D eigenvalue weighted by Crippen LogP contribution is -2.20. The summed E-state index contributed by atoms with van der Waals surface area (Å²) < 4.78 is 6.11. The molecule has 2 heterocycles. The number of benzene rings is 3. The molecule has 2 aromatic heterocycles. The van der Waals surface area contributed by atoms with Crippen LogP contribution in [0.25, 0.3) is 32.0 Å². The number of hydrogen-bond acceptors (Lipinski definition) is 5. The van der Waals surface area contributed by atoms with Crippen molar-refractivity contribution in [3.05, 3.63) is 80.6 Å². The Hall–Kier alpha value is -2.93. The number of carbonyl (C=O) groups excluding carboxylic acids is 1. The van der Waals surface area contributed by atoms with Crippen molar-refractivity contribution in [1.82, 2.24) is 4.98 Å². The van der Waals surface area contributed by atoms with Crippen LogP contribution >= 0.6 is 34.5 Å². The fraction of sp³-hybridized carbons (Fsp3) is 0. The predicted molar refractivity (Wildman–Crippen MR) is 118 cm³/mol. The van der Waals surface area contributed by atoms with Gasteiger partial charge < -0.3 is 4.42 Å². The highest BCUT2D eigenvalue weighted by Crippen LogP contribution is 2.34. The molecule has 0 saturated heterocycles. The zero-order chi connectivity index (χ0) is 20.1.